The summed E-state index contributed by atoms with van der Waals surface area (Å²) in [7, 11) is 0. The number of nitrogens with one attached hydrogen (secondary N) is 1. The maximum absolute atomic E-state index is 13.9. The van der Waals surface area contributed by atoms with Crippen LogP contribution in [-0.4, -0.2) is 65.0 Å². The molecule has 2 aromatic rings. The molecule has 2 amide bonds. The highest BCUT2D eigenvalue weighted by molar-refractivity contribution is 6.31. The van der Waals surface area contributed by atoms with Crippen LogP contribution in [0.5, 0.6) is 0 Å². The molecule has 9 heteroatoms. The number of ether oxygens (including phenoxy) is 1. The summed E-state index contributed by atoms with van der Waals surface area (Å²) in [5, 5.41) is 3.36. The molecule has 35 heavy (non-hydrogen) atoms. The highest BCUT2D eigenvalue weighted by atomic mass is 35.5. The van der Waals surface area contributed by atoms with Crippen molar-refractivity contribution in [2.24, 2.45) is 0 Å². The molecule has 0 saturated carbocycles. The molecule has 0 aliphatic carbocycles. The Morgan fingerprint density at radius 3 is 2.74 bits per heavy atom. The normalized spacial score (nSPS) is 20.8. The van der Waals surface area contributed by atoms with Crippen LogP contribution >= 0.6 is 11.6 Å². The molecule has 4 rings (SSSR count). The molecule has 1 N–H and O–H groups in total. The Kier molecular flexibility index (Phi) is 8.04. The second-order valence-corrected chi connectivity index (χ2v) is 9.75. The second-order valence-electron chi connectivity index (χ2n) is 9.31. The number of amides is 2. The Hall–Kier alpha value is -2.55. The summed E-state index contributed by atoms with van der Waals surface area (Å²) in [5.41, 5.74) is 2.86. The minimum Gasteiger partial charge on any atom is -0.368 e. The Bertz CT molecular complexity index is 1110. The summed E-state index contributed by atoms with van der Waals surface area (Å²) in [5.74, 6) is -0.858. The van der Waals surface area contributed by atoms with Crippen molar-refractivity contribution in [1.82, 2.24) is 14.8 Å². The maximum Gasteiger partial charge on any atom is 0.257 e. The highest BCUT2D eigenvalue weighted by Gasteiger charge is 2.35. The zero-order valence-corrected chi connectivity index (χ0v) is 21.2. The smallest absolute Gasteiger partial charge is 0.257 e. The lowest BCUT2D eigenvalue weighted by Gasteiger charge is -2.42. The quantitative estimate of drug-likeness (QED) is 0.636. The Balaban J connectivity index is 1.45. The van der Waals surface area contributed by atoms with E-state index in [9.17, 15) is 14.0 Å². The average Bonchev–Trinajstić information content (AvgIpc) is 3.38. The van der Waals surface area contributed by atoms with E-state index in [0.29, 0.717) is 30.4 Å². The molecule has 2 fully saturated rings. The lowest BCUT2D eigenvalue weighted by molar-refractivity contribution is -0.146. The first-order valence-electron chi connectivity index (χ1n) is 12.1. The molecule has 0 bridgehead atoms. The Morgan fingerprint density at radius 2 is 2.06 bits per heavy atom. The number of carbonyl (C=O) groups excluding carboxylic acids is 2. The van der Waals surface area contributed by atoms with E-state index >= 15 is 0 Å². The van der Waals surface area contributed by atoms with Crippen LogP contribution in [0.25, 0.3) is 0 Å². The van der Waals surface area contributed by atoms with Crippen LogP contribution in [0.3, 0.4) is 0 Å². The van der Waals surface area contributed by atoms with Gasteiger partial charge in [0.1, 0.15) is 11.9 Å². The molecule has 0 radical (unpaired) electrons. The number of pyridine rings is 1. The first-order valence-corrected chi connectivity index (χ1v) is 12.5. The van der Waals surface area contributed by atoms with E-state index in [4.69, 9.17) is 16.3 Å². The molecule has 2 atom stereocenters. The molecule has 188 valence electrons. The van der Waals surface area contributed by atoms with Crippen molar-refractivity contribution >= 4 is 29.1 Å². The topological polar surface area (TPSA) is 74.8 Å². The number of aryl methyl sites for hydroxylation is 1. The van der Waals surface area contributed by atoms with Gasteiger partial charge in [-0.2, -0.15) is 0 Å². The molecule has 2 aliphatic heterocycles. The van der Waals surface area contributed by atoms with Crippen LogP contribution in [0.15, 0.2) is 24.4 Å². The van der Waals surface area contributed by atoms with E-state index in [-0.39, 0.29) is 29.3 Å². The fourth-order valence-corrected chi connectivity index (χ4v) is 5.00. The van der Waals surface area contributed by atoms with Crippen LogP contribution in [-0.2, 0) is 16.1 Å². The molecular weight excluding hydrogens is 471 g/mol. The van der Waals surface area contributed by atoms with E-state index < -0.39 is 11.7 Å². The van der Waals surface area contributed by atoms with Crippen LogP contribution in [0, 0.1) is 19.7 Å². The zero-order valence-electron chi connectivity index (χ0n) is 20.4. The van der Waals surface area contributed by atoms with Crippen LogP contribution in [0.2, 0.25) is 5.02 Å². The van der Waals surface area contributed by atoms with Crippen molar-refractivity contribution < 1.29 is 18.7 Å². The van der Waals surface area contributed by atoms with Gasteiger partial charge >= 0.3 is 0 Å². The SMILES string of the molecule is CCC1CN(Cc2cc(Cl)cc(NC(=O)c3cnc(C)c(F)c3)c2C)CCN1C(=O)C1CCCO1. The fourth-order valence-electron chi connectivity index (χ4n) is 4.76. The van der Waals surface area contributed by atoms with Gasteiger partial charge in [0.25, 0.3) is 11.8 Å². The first-order chi connectivity index (χ1) is 16.8. The minimum absolute atomic E-state index is 0.111. The zero-order chi connectivity index (χ0) is 25.1. The second kappa shape index (κ2) is 11.0. The number of benzene rings is 1. The van der Waals surface area contributed by atoms with Gasteiger partial charge in [-0.15, -0.1) is 0 Å². The summed E-state index contributed by atoms with van der Waals surface area (Å²) in [4.78, 5) is 33.9. The van der Waals surface area contributed by atoms with Gasteiger partial charge < -0.3 is 15.0 Å². The number of hydrogen-bond acceptors (Lipinski definition) is 5. The predicted octanol–water partition coefficient (Wildman–Crippen LogP) is 4.35. The molecular formula is C26H32ClFN4O3. The third-order valence-electron chi connectivity index (χ3n) is 6.94. The van der Waals surface area contributed by atoms with E-state index in [1.165, 1.54) is 12.3 Å². The number of piperazine rings is 1. The lowest BCUT2D eigenvalue weighted by atomic mass is 10.0. The van der Waals surface area contributed by atoms with Crippen molar-refractivity contribution in [3.8, 4) is 0 Å². The van der Waals surface area contributed by atoms with Crippen molar-refractivity contribution in [1.29, 1.82) is 0 Å². The van der Waals surface area contributed by atoms with E-state index in [1.807, 2.05) is 17.9 Å². The Labute approximate surface area is 210 Å². The molecule has 1 aromatic heterocycles. The largest absolute Gasteiger partial charge is 0.368 e. The number of carbonyl (C=O) groups is 2. The third kappa shape index (κ3) is 5.82. The van der Waals surface area contributed by atoms with Crippen LogP contribution < -0.4 is 5.32 Å². The van der Waals surface area contributed by atoms with Crippen molar-refractivity contribution in [3.05, 3.63) is 57.6 Å². The number of nitrogens with zero attached hydrogens (tertiary/aromatic N) is 3. The summed E-state index contributed by atoms with van der Waals surface area (Å²) in [6.45, 7) is 9.06. The van der Waals surface area contributed by atoms with Gasteiger partial charge in [-0.1, -0.05) is 18.5 Å². The van der Waals surface area contributed by atoms with Crippen molar-refractivity contribution in [3.63, 3.8) is 0 Å². The predicted molar refractivity (Wildman–Crippen MR) is 133 cm³/mol. The molecule has 2 saturated heterocycles. The van der Waals surface area contributed by atoms with Gasteiger partial charge in [0.2, 0.25) is 0 Å². The molecule has 3 heterocycles. The summed E-state index contributed by atoms with van der Waals surface area (Å²) >= 11 is 6.40. The third-order valence-corrected chi connectivity index (χ3v) is 7.15. The van der Waals surface area contributed by atoms with Gasteiger partial charge in [-0.25, -0.2) is 4.39 Å². The highest BCUT2D eigenvalue weighted by Crippen LogP contribution is 2.28. The number of hydrogen-bond donors (Lipinski definition) is 1. The van der Waals surface area contributed by atoms with Gasteiger partial charge in [-0.3, -0.25) is 19.5 Å². The van der Waals surface area contributed by atoms with Gasteiger partial charge in [0, 0.05) is 55.7 Å². The van der Waals surface area contributed by atoms with E-state index in [0.717, 1.165) is 43.5 Å². The monoisotopic (exact) mass is 502 g/mol. The van der Waals surface area contributed by atoms with Crippen molar-refractivity contribution in [2.75, 3.05) is 31.6 Å². The standard InChI is InChI=1S/C26H32ClFN4O3/c1-4-21-15-31(7-8-32(21)26(34)24-6-5-9-35-24)14-19-10-20(27)12-23(16(19)2)30-25(33)18-11-22(28)17(3)29-13-18/h10-13,21,24H,4-9,14-15H2,1-3H3,(H,30,33). The van der Waals surface area contributed by atoms with Crippen LogP contribution in [0.4, 0.5) is 10.1 Å². The molecule has 0 spiro atoms. The first kappa shape index (κ1) is 25.5. The number of anilines is 1. The number of aromatic nitrogens is 1. The fraction of sp³-hybridized carbons (Fsp3) is 0.500. The number of halogens is 2. The van der Waals surface area contributed by atoms with E-state index in [2.05, 4.69) is 22.1 Å². The van der Waals surface area contributed by atoms with Crippen LogP contribution in [0.1, 0.15) is 53.4 Å². The molecule has 2 unspecified atom stereocenters. The van der Waals surface area contributed by atoms with Crippen molar-refractivity contribution in [2.45, 2.75) is 58.7 Å². The summed E-state index contributed by atoms with van der Waals surface area (Å²) in [6, 6.07) is 4.91. The summed E-state index contributed by atoms with van der Waals surface area (Å²) in [6.07, 6.45) is 3.67. The van der Waals surface area contributed by atoms with Gasteiger partial charge in [-0.05, 0) is 62.4 Å². The van der Waals surface area contributed by atoms with E-state index in [1.54, 1.807) is 13.0 Å². The summed E-state index contributed by atoms with van der Waals surface area (Å²) < 4.78 is 19.5. The van der Waals surface area contributed by atoms with Gasteiger partial charge in [0.15, 0.2) is 0 Å². The maximum atomic E-state index is 13.9. The Morgan fingerprint density at radius 1 is 1.26 bits per heavy atom. The van der Waals surface area contributed by atoms with Gasteiger partial charge in [0.05, 0.1) is 11.3 Å². The lowest BCUT2D eigenvalue weighted by Crippen LogP contribution is -2.56. The minimum atomic E-state index is -0.524. The molecule has 7 nitrogen and oxygen atoms in total. The molecule has 2 aliphatic rings. The average molecular weight is 503 g/mol. The number of rotatable bonds is 6. The molecule has 1 aromatic carbocycles.